The summed E-state index contributed by atoms with van der Waals surface area (Å²) in [6.45, 7) is 8.11. The highest BCUT2D eigenvalue weighted by molar-refractivity contribution is 7.71. The van der Waals surface area contributed by atoms with Crippen LogP contribution >= 0.6 is 12.2 Å². The van der Waals surface area contributed by atoms with Crippen LogP contribution in [0.4, 0.5) is 0 Å². The number of hydrogen-bond acceptors (Lipinski definition) is 7. The zero-order chi connectivity index (χ0) is 20.4. The Kier molecular flexibility index (Phi) is 9.40. The normalized spacial score (nSPS) is 12.1. The highest BCUT2D eigenvalue weighted by Gasteiger charge is 2.11. The molecule has 1 unspecified atom stereocenters. The van der Waals surface area contributed by atoms with Crippen molar-refractivity contribution in [2.45, 2.75) is 27.2 Å². The quantitative estimate of drug-likeness (QED) is 0.291. The Balaban J connectivity index is 1.60. The zero-order valence-electron chi connectivity index (χ0n) is 16.7. The fraction of sp³-hybridized carbons (Fsp3) is 0.524. The van der Waals surface area contributed by atoms with E-state index in [2.05, 4.69) is 0 Å². The Morgan fingerprint density at radius 2 is 1.79 bits per heavy atom. The molecule has 154 valence electrons. The lowest BCUT2D eigenvalue weighted by Crippen LogP contribution is -2.18. The lowest BCUT2D eigenvalue weighted by atomic mass is 10.1. The van der Waals surface area contributed by atoms with Crippen LogP contribution in [0.25, 0.3) is 11.0 Å². The molecular formula is C21H28O6S. The van der Waals surface area contributed by atoms with Gasteiger partial charge in [0.25, 0.3) is 0 Å². The van der Waals surface area contributed by atoms with Crippen molar-refractivity contribution in [1.82, 2.24) is 0 Å². The van der Waals surface area contributed by atoms with Crippen LogP contribution in [0.5, 0.6) is 5.75 Å². The highest BCUT2D eigenvalue weighted by Crippen LogP contribution is 2.28. The van der Waals surface area contributed by atoms with Crippen molar-refractivity contribution in [3.05, 3.63) is 34.5 Å². The molecule has 0 bridgehead atoms. The van der Waals surface area contributed by atoms with Crippen LogP contribution in [0.3, 0.4) is 0 Å². The van der Waals surface area contributed by atoms with Crippen LogP contribution in [-0.2, 0) is 19.0 Å². The third-order valence-electron chi connectivity index (χ3n) is 4.27. The minimum Gasteiger partial charge on any atom is -0.490 e. The smallest absolute Gasteiger partial charge is 0.308 e. The van der Waals surface area contributed by atoms with Gasteiger partial charge >= 0.3 is 5.97 Å². The summed E-state index contributed by atoms with van der Waals surface area (Å²) in [4.78, 5) is 11.5. The first kappa shape index (κ1) is 22.3. The molecule has 28 heavy (non-hydrogen) atoms. The lowest BCUT2D eigenvalue weighted by molar-refractivity contribution is -0.149. The van der Waals surface area contributed by atoms with E-state index in [0.717, 1.165) is 23.0 Å². The van der Waals surface area contributed by atoms with Gasteiger partial charge in [-0.05, 0) is 37.2 Å². The second-order valence-electron chi connectivity index (χ2n) is 6.43. The molecule has 0 amide bonds. The fourth-order valence-corrected chi connectivity index (χ4v) is 2.65. The molecule has 1 heterocycles. The van der Waals surface area contributed by atoms with Gasteiger partial charge in [0.05, 0.1) is 37.7 Å². The molecule has 1 aromatic heterocycles. The molecule has 2 rings (SSSR count). The number of para-hydroxylation sites is 1. The van der Waals surface area contributed by atoms with E-state index in [1.54, 1.807) is 6.07 Å². The van der Waals surface area contributed by atoms with E-state index in [0.29, 0.717) is 43.5 Å². The first-order valence-corrected chi connectivity index (χ1v) is 9.92. The van der Waals surface area contributed by atoms with Crippen molar-refractivity contribution in [1.29, 1.82) is 0 Å². The third kappa shape index (κ3) is 6.89. The average Bonchev–Trinajstić information content (AvgIpc) is 2.69. The van der Waals surface area contributed by atoms with Gasteiger partial charge in [-0.2, -0.15) is 0 Å². The number of carbonyl (C=O) groups excluding carboxylic acids is 1. The molecule has 0 spiro atoms. The molecule has 0 aliphatic heterocycles. The summed E-state index contributed by atoms with van der Waals surface area (Å²) < 4.78 is 27.8. The lowest BCUT2D eigenvalue weighted by Gasteiger charge is -2.11. The van der Waals surface area contributed by atoms with Crippen LogP contribution in [0.1, 0.15) is 25.8 Å². The molecule has 6 nitrogen and oxygen atoms in total. The summed E-state index contributed by atoms with van der Waals surface area (Å²) in [6.07, 6.45) is 0.774. The Labute approximate surface area is 170 Å². The Hall–Kier alpha value is -1.96. The van der Waals surface area contributed by atoms with Crippen molar-refractivity contribution in [3.8, 4) is 5.75 Å². The topological polar surface area (TPSA) is 67.1 Å². The first-order valence-electron chi connectivity index (χ1n) is 9.51. The van der Waals surface area contributed by atoms with E-state index in [-0.39, 0.29) is 18.5 Å². The SMILES string of the molecule is CCC(C)C(=O)OCCOCCOCCOc1cc(=S)oc2c(C)cccc12. The molecule has 0 aliphatic carbocycles. The van der Waals surface area contributed by atoms with E-state index < -0.39 is 0 Å². The molecule has 7 heteroatoms. The van der Waals surface area contributed by atoms with E-state index in [9.17, 15) is 4.79 Å². The Morgan fingerprint density at radius 1 is 1.11 bits per heavy atom. The van der Waals surface area contributed by atoms with Gasteiger partial charge in [0.2, 0.25) is 0 Å². The Morgan fingerprint density at radius 3 is 2.50 bits per heavy atom. The van der Waals surface area contributed by atoms with Gasteiger partial charge in [-0.3, -0.25) is 4.79 Å². The Bertz CT molecular complexity index is 816. The summed E-state index contributed by atoms with van der Waals surface area (Å²) in [5.41, 5.74) is 1.76. The van der Waals surface area contributed by atoms with Crippen molar-refractivity contribution >= 4 is 29.2 Å². The standard InChI is InChI=1S/C21H28O6S/c1-4-15(2)21(22)26-13-11-24-9-8-23-10-12-25-18-14-19(28)27-20-16(3)6-5-7-17(18)20/h5-7,14-15H,4,8-13H2,1-3H3. The molecule has 1 atom stereocenters. The molecule has 0 N–H and O–H groups in total. The number of hydrogen-bond donors (Lipinski definition) is 0. The monoisotopic (exact) mass is 408 g/mol. The fourth-order valence-electron chi connectivity index (χ4n) is 2.46. The van der Waals surface area contributed by atoms with Gasteiger partial charge in [-0.25, -0.2) is 0 Å². The second-order valence-corrected chi connectivity index (χ2v) is 6.83. The summed E-state index contributed by atoms with van der Waals surface area (Å²) >= 11 is 5.17. The largest absolute Gasteiger partial charge is 0.490 e. The van der Waals surface area contributed by atoms with Crippen LogP contribution in [0, 0.1) is 17.5 Å². The molecule has 0 fully saturated rings. The van der Waals surface area contributed by atoms with Crippen molar-refractivity contribution in [2.24, 2.45) is 5.92 Å². The van der Waals surface area contributed by atoms with E-state index in [1.165, 1.54) is 0 Å². The number of carbonyl (C=O) groups is 1. The molecule has 1 aromatic carbocycles. The minimum absolute atomic E-state index is 0.0700. The van der Waals surface area contributed by atoms with Crippen LogP contribution in [0.2, 0.25) is 0 Å². The second kappa shape index (κ2) is 11.8. The molecule has 2 aromatic rings. The van der Waals surface area contributed by atoms with E-state index in [4.69, 9.17) is 35.6 Å². The summed E-state index contributed by atoms with van der Waals surface area (Å²) in [7, 11) is 0. The molecule has 0 saturated carbocycles. The molecule has 0 aliphatic rings. The number of aryl methyl sites for hydroxylation is 1. The predicted molar refractivity (Wildman–Crippen MR) is 109 cm³/mol. The number of rotatable bonds is 12. The molecular weight excluding hydrogens is 380 g/mol. The van der Waals surface area contributed by atoms with Crippen LogP contribution < -0.4 is 4.74 Å². The maximum Gasteiger partial charge on any atom is 0.308 e. The highest BCUT2D eigenvalue weighted by atomic mass is 32.1. The number of fused-ring (bicyclic) bond motifs is 1. The number of benzene rings is 1. The van der Waals surface area contributed by atoms with Gasteiger partial charge in [0.15, 0.2) is 4.71 Å². The van der Waals surface area contributed by atoms with Gasteiger partial charge in [-0.15, -0.1) is 0 Å². The summed E-state index contributed by atoms with van der Waals surface area (Å²) in [5.74, 6) is 0.440. The first-order chi connectivity index (χ1) is 13.5. The minimum atomic E-state index is -0.182. The average molecular weight is 409 g/mol. The molecule has 0 radical (unpaired) electrons. The van der Waals surface area contributed by atoms with E-state index in [1.807, 2.05) is 39.0 Å². The maximum absolute atomic E-state index is 11.5. The number of esters is 1. The van der Waals surface area contributed by atoms with Crippen LogP contribution in [-0.4, -0.2) is 45.6 Å². The van der Waals surface area contributed by atoms with Gasteiger partial charge in [0.1, 0.15) is 24.5 Å². The zero-order valence-corrected chi connectivity index (χ0v) is 17.5. The number of ether oxygens (including phenoxy) is 4. The van der Waals surface area contributed by atoms with Crippen molar-refractivity contribution in [3.63, 3.8) is 0 Å². The van der Waals surface area contributed by atoms with Gasteiger partial charge in [0, 0.05) is 6.07 Å². The third-order valence-corrected chi connectivity index (χ3v) is 4.47. The van der Waals surface area contributed by atoms with Gasteiger partial charge in [-0.1, -0.05) is 26.0 Å². The van der Waals surface area contributed by atoms with Crippen LogP contribution in [0.15, 0.2) is 28.7 Å². The van der Waals surface area contributed by atoms with Crippen molar-refractivity contribution < 1.29 is 28.2 Å². The summed E-state index contributed by atoms with van der Waals surface area (Å²) in [5, 5.41) is 0.892. The van der Waals surface area contributed by atoms with E-state index >= 15 is 0 Å². The molecule has 0 saturated heterocycles. The predicted octanol–water partition coefficient (Wildman–Crippen LogP) is 4.47. The van der Waals surface area contributed by atoms with Crippen molar-refractivity contribution in [2.75, 3.05) is 39.6 Å². The summed E-state index contributed by atoms with van der Waals surface area (Å²) in [6, 6.07) is 7.58. The maximum atomic E-state index is 11.5. The van der Waals surface area contributed by atoms with Gasteiger partial charge < -0.3 is 23.4 Å².